The van der Waals surface area contributed by atoms with Crippen molar-refractivity contribution in [1.82, 2.24) is 9.78 Å². The number of hydrogen-bond donors (Lipinski definition) is 1. The maximum atomic E-state index is 9.48. The molecule has 0 aliphatic rings. The zero-order valence-corrected chi connectivity index (χ0v) is 8.04. The summed E-state index contributed by atoms with van der Waals surface area (Å²) in [5.74, 6) is 0.258. The molecule has 0 aliphatic heterocycles. The van der Waals surface area contributed by atoms with Crippen molar-refractivity contribution in [2.45, 2.75) is 0 Å². The first-order valence-electron chi connectivity index (χ1n) is 3.50. The summed E-state index contributed by atoms with van der Waals surface area (Å²) in [5.41, 5.74) is 0.754. The maximum absolute atomic E-state index is 9.48. The van der Waals surface area contributed by atoms with Crippen LogP contribution in [-0.2, 0) is 7.05 Å². The highest BCUT2D eigenvalue weighted by Crippen LogP contribution is 2.28. The third-order valence-corrected chi connectivity index (χ3v) is 2.38. The summed E-state index contributed by atoms with van der Waals surface area (Å²) in [7, 11) is 1.80. The van der Waals surface area contributed by atoms with Crippen molar-refractivity contribution in [2.75, 3.05) is 0 Å². The van der Waals surface area contributed by atoms with E-state index >= 15 is 0 Å². The smallest absolute Gasteiger partial charge is 0.141 e. The van der Waals surface area contributed by atoms with E-state index in [1.54, 1.807) is 23.9 Å². The minimum Gasteiger partial charge on any atom is -0.506 e. The van der Waals surface area contributed by atoms with Crippen molar-refractivity contribution in [1.29, 1.82) is 0 Å². The lowest BCUT2D eigenvalue weighted by Gasteiger charge is -1.95. The third kappa shape index (κ3) is 0.914. The molecule has 0 unspecified atom stereocenters. The van der Waals surface area contributed by atoms with Gasteiger partial charge in [0.15, 0.2) is 0 Å². The Morgan fingerprint density at radius 3 is 2.92 bits per heavy atom. The first-order chi connectivity index (χ1) is 5.70. The van der Waals surface area contributed by atoms with Crippen molar-refractivity contribution in [3.8, 4) is 5.75 Å². The Labute approximate surface area is 77.7 Å². The number of phenolic OH excluding ortho intramolecular Hbond substituents is 1. The predicted octanol–water partition coefficient (Wildman–Crippen LogP) is 2.04. The van der Waals surface area contributed by atoms with Crippen molar-refractivity contribution in [3.05, 3.63) is 22.8 Å². The van der Waals surface area contributed by atoms with Gasteiger partial charge >= 0.3 is 0 Å². The molecule has 0 fully saturated rings. The van der Waals surface area contributed by atoms with Crippen LogP contribution in [0.3, 0.4) is 0 Å². The fraction of sp³-hybridized carbons (Fsp3) is 0.125. The van der Waals surface area contributed by atoms with Crippen molar-refractivity contribution < 1.29 is 5.11 Å². The molecule has 0 atom stereocenters. The summed E-state index contributed by atoms with van der Waals surface area (Å²) in [6.45, 7) is 0. The lowest BCUT2D eigenvalue weighted by Crippen LogP contribution is -1.88. The van der Waals surface area contributed by atoms with Crippen molar-refractivity contribution in [2.24, 2.45) is 7.05 Å². The molecular formula is C8H7BrN2O. The number of hydrogen-bond acceptors (Lipinski definition) is 2. The van der Waals surface area contributed by atoms with Gasteiger partial charge in [0.25, 0.3) is 0 Å². The highest BCUT2D eigenvalue weighted by atomic mass is 79.9. The van der Waals surface area contributed by atoms with Crippen LogP contribution in [0, 0.1) is 0 Å². The van der Waals surface area contributed by atoms with Crippen LogP contribution in [0.25, 0.3) is 10.9 Å². The van der Waals surface area contributed by atoms with Crippen LogP contribution in [0.1, 0.15) is 0 Å². The van der Waals surface area contributed by atoms with E-state index in [-0.39, 0.29) is 5.75 Å². The first kappa shape index (κ1) is 7.61. The molecule has 0 saturated heterocycles. The summed E-state index contributed by atoms with van der Waals surface area (Å²) in [6.07, 6.45) is 0. The van der Waals surface area contributed by atoms with E-state index < -0.39 is 0 Å². The lowest BCUT2D eigenvalue weighted by atomic mass is 10.2. The van der Waals surface area contributed by atoms with Crippen LogP contribution in [-0.4, -0.2) is 14.9 Å². The van der Waals surface area contributed by atoms with Gasteiger partial charge in [-0.3, -0.25) is 4.68 Å². The number of aromatic hydroxyl groups is 1. The van der Waals surface area contributed by atoms with Gasteiger partial charge in [-0.2, -0.15) is 5.10 Å². The molecule has 1 aromatic heterocycles. The number of phenols is 1. The average Bonchev–Trinajstić information content (AvgIpc) is 2.29. The second kappa shape index (κ2) is 2.48. The molecule has 1 N–H and O–H groups in total. The number of halogens is 1. The summed E-state index contributed by atoms with van der Waals surface area (Å²) in [4.78, 5) is 0. The summed E-state index contributed by atoms with van der Waals surface area (Å²) < 4.78 is 2.41. The zero-order valence-electron chi connectivity index (χ0n) is 6.45. The lowest BCUT2D eigenvalue weighted by molar-refractivity contribution is 0.478. The number of nitrogens with zero attached hydrogens (tertiary/aromatic N) is 2. The van der Waals surface area contributed by atoms with Gasteiger partial charge in [-0.25, -0.2) is 0 Å². The fourth-order valence-corrected chi connectivity index (χ4v) is 1.83. The monoisotopic (exact) mass is 226 g/mol. The number of aromatic nitrogens is 2. The molecule has 62 valence electrons. The first-order valence-corrected chi connectivity index (χ1v) is 4.29. The fourth-order valence-electron chi connectivity index (χ4n) is 1.27. The SMILES string of the molecule is Cn1nc(Br)c2cccc(O)c21. The standard InChI is InChI=1S/C8H7BrN2O/c1-11-7-5(8(9)10-11)3-2-4-6(7)12/h2-4,12H,1H3. The van der Waals surface area contributed by atoms with Gasteiger partial charge in [-0.15, -0.1) is 0 Å². The van der Waals surface area contributed by atoms with E-state index in [1.807, 2.05) is 6.07 Å². The van der Waals surface area contributed by atoms with Crippen molar-refractivity contribution >= 4 is 26.8 Å². The number of benzene rings is 1. The summed E-state index contributed by atoms with van der Waals surface area (Å²) >= 11 is 3.31. The maximum Gasteiger partial charge on any atom is 0.141 e. The topological polar surface area (TPSA) is 38.0 Å². The van der Waals surface area contributed by atoms with E-state index in [1.165, 1.54) is 0 Å². The Morgan fingerprint density at radius 1 is 1.50 bits per heavy atom. The Hall–Kier alpha value is -1.03. The van der Waals surface area contributed by atoms with E-state index in [4.69, 9.17) is 0 Å². The second-order valence-corrected chi connectivity index (χ2v) is 3.34. The average molecular weight is 227 g/mol. The van der Waals surface area contributed by atoms with Crippen molar-refractivity contribution in [3.63, 3.8) is 0 Å². The Bertz CT molecular complexity index is 436. The molecule has 4 heteroatoms. The molecule has 0 bridgehead atoms. The van der Waals surface area contributed by atoms with Crippen LogP contribution < -0.4 is 0 Å². The minimum atomic E-state index is 0.258. The van der Waals surface area contributed by atoms with Crippen LogP contribution in [0.4, 0.5) is 0 Å². The quantitative estimate of drug-likeness (QED) is 0.747. The number of aryl methyl sites for hydroxylation is 1. The predicted molar refractivity (Wildman–Crippen MR) is 50.1 cm³/mol. The molecule has 0 amide bonds. The Morgan fingerprint density at radius 2 is 2.25 bits per heavy atom. The normalized spacial score (nSPS) is 10.8. The number of rotatable bonds is 0. The highest BCUT2D eigenvalue weighted by molar-refractivity contribution is 9.10. The molecule has 0 radical (unpaired) electrons. The Balaban J connectivity index is 2.99. The van der Waals surface area contributed by atoms with Gasteiger partial charge in [0, 0.05) is 12.4 Å². The molecule has 0 saturated carbocycles. The molecular weight excluding hydrogens is 220 g/mol. The van der Waals surface area contributed by atoms with Gasteiger partial charge in [0.2, 0.25) is 0 Å². The van der Waals surface area contributed by atoms with Crippen LogP contribution >= 0.6 is 15.9 Å². The van der Waals surface area contributed by atoms with Gasteiger partial charge in [0.1, 0.15) is 15.9 Å². The molecule has 2 rings (SSSR count). The highest BCUT2D eigenvalue weighted by Gasteiger charge is 2.08. The Kier molecular flexibility index (Phi) is 1.58. The third-order valence-electron chi connectivity index (χ3n) is 1.80. The van der Waals surface area contributed by atoms with Crippen LogP contribution in [0.2, 0.25) is 0 Å². The van der Waals surface area contributed by atoms with Gasteiger partial charge in [-0.05, 0) is 28.1 Å². The van der Waals surface area contributed by atoms with E-state index in [9.17, 15) is 5.11 Å². The molecule has 3 nitrogen and oxygen atoms in total. The zero-order chi connectivity index (χ0) is 8.72. The van der Waals surface area contributed by atoms with Gasteiger partial charge in [-0.1, -0.05) is 6.07 Å². The second-order valence-electron chi connectivity index (χ2n) is 2.59. The van der Waals surface area contributed by atoms with Crippen LogP contribution in [0.15, 0.2) is 22.8 Å². The molecule has 0 spiro atoms. The molecule has 2 aromatic rings. The summed E-state index contributed by atoms with van der Waals surface area (Å²) in [5, 5.41) is 14.5. The number of para-hydroxylation sites is 1. The van der Waals surface area contributed by atoms with E-state index in [0.29, 0.717) is 0 Å². The molecule has 12 heavy (non-hydrogen) atoms. The molecule has 1 aromatic carbocycles. The van der Waals surface area contributed by atoms with Gasteiger partial charge in [0.05, 0.1) is 0 Å². The van der Waals surface area contributed by atoms with Crippen LogP contribution in [0.5, 0.6) is 5.75 Å². The summed E-state index contributed by atoms with van der Waals surface area (Å²) in [6, 6.07) is 5.35. The minimum absolute atomic E-state index is 0.258. The van der Waals surface area contributed by atoms with E-state index in [2.05, 4.69) is 21.0 Å². The number of fused-ring (bicyclic) bond motifs is 1. The molecule has 0 aliphatic carbocycles. The largest absolute Gasteiger partial charge is 0.506 e. The van der Waals surface area contributed by atoms with Gasteiger partial charge < -0.3 is 5.11 Å². The molecule has 1 heterocycles. The van der Waals surface area contributed by atoms with E-state index in [0.717, 1.165) is 15.5 Å².